The summed E-state index contributed by atoms with van der Waals surface area (Å²) in [4.78, 5) is 29.7. The first-order valence-electron chi connectivity index (χ1n) is 9.39. The average Bonchev–Trinajstić information content (AvgIpc) is 2.56. The molecule has 2 heterocycles. The normalized spacial score (nSPS) is 28.7. The van der Waals surface area contributed by atoms with Crippen LogP contribution < -0.4 is 5.32 Å². The van der Waals surface area contributed by atoms with Crippen molar-refractivity contribution in [3.8, 4) is 0 Å². The largest absolute Gasteiger partial charge is 0.352 e. The number of nitrogens with zero attached hydrogens (tertiary/aromatic N) is 2. The van der Waals surface area contributed by atoms with Crippen LogP contribution in [0, 0.1) is 5.92 Å². The molecule has 2 amide bonds. The van der Waals surface area contributed by atoms with Crippen molar-refractivity contribution >= 4 is 11.8 Å². The Morgan fingerprint density at radius 2 is 2.00 bits per heavy atom. The van der Waals surface area contributed by atoms with Crippen LogP contribution in [0.2, 0.25) is 0 Å². The first-order chi connectivity index (χ1) is 11.1. The molecule has 1 atom stereocenters. The summed E-state index contributed by atoms with van der Waals surface area (Å²) in [5.74, 6) is 0.933. The summed E-state index contributed by atoms with van der Waals surface area (Å²) in [7, 11) is 2.17. The van der Waals surface area contributed by atoms with Crippen LogP contribution in [0.3, 0.4) is 0 Å². The molecule has 3 rings (SSSR count). The minimum atomic E-state index is -0.531. The lowest BCUT2D eigenvalue weighted by atomic mass is 9.78. The number of piperazine rings is 1. The van der Waals surface area contributed by atoms with Crippen molar-refractivity contribution < 1.29 is 9.59 Å². The van der Waals surface area contributed by atoms with E-state index in [9.17, 15) is 9.59 Å². The SMILES string of the molecule is CN1CCC[C@H](CCC(=O)N2CCNC(=O)C23CCCCC3)C1. The smallest absolute Gasteiger partial charge is 0.246 e. The molecule has 3 fully saturated rings. The summed E-state index contributed by atoms with van der Waals surface area (Å²) in [6.45, 7) is 3.59. The highest BCUT2D eigenvalue weighted by Crippen LogP contribution is 2.36. The van der Waals surface area contributed by atoms with E-state index < -0.39 is 5.54 Å². The number of carbonyl (C=O) groups is 2. The third-order valence-electron chi connectivity index (χ3n) is 6.03. The van der Waals surface area contributed by atoms with E-state index in [0.717, 1.165) is 38.6 Å². The first kappa shape index (κ1) is 16.7. The minimum absolute atomic E-state index is 0.0919. The summed E-state index contributed by atoms with van der Waals surface area (Å²) >= 11 is 0. The van der Waals surface area contributed by atoms with Gasteiger partial charge in [0.2, 0.25) is 11.8 Å². The molecule has 1 aliphatic carbocycles. The van der Waals surface area contributed by atoms with Crippen LogP contribution in [0.1, 0.15) is 57.8 Å². The molecule has 0 aromatic rings. The number of carbonyl (C=O) groups excluding carboxylic acids is 2. The van der Waals surface area contributed by atoms with Gasteiger partial charge in [-0.2, -0.15) is 0 Å². The first-order valence-corrected chi connectivity index (χ1v) is 9.39. The van der Waals surface area contributed by atoms with Gasteiger partial charge in [-0.05, 0) is 51.6 Å². The molecule has 2 saturated heterocycles. The van der Waals surface area contributed by atoms with E-state index in [0.29, 0.717) is 25.4 Å². The molecule has 1 spiro atoms. The molecule has 0 radical (unpaired) electrons. The van der Waals surface area contributed by atoms with Gasteiger partial charge in [0.15, 0.2) is 0 Å². The van der Waals surface area contributed by atoms with Gasteiger partial charge in [-0.1, -0.05) is 19.3 Å². The molecule has 0 aromatic heterocycles. The van der Waals surface area contributed by atoms with Gasteiger partial charge >= 0.3 is 0 Å². The van der Waals surface area contributed by atoms with Crippen LogP contribution in [0.5, 0.6) is 0 Å². The van der Waals surface area contributed by atoms with Gasteiger partial charge in [0.05, 0.1) is 0 Å². The van der Waals surface area contributed by atoms with Crippen LogP contribution in [-0.2, 0) is 9.59 Å². The second-order valence-electron chi connectivity index (χ2n) is 7.70. The summed E-state index contributed by atoms with van der Waals surface area (Å²) < 4.78 is 0. The highest BCUT2D eigenvalue weighted by atomic mass is 16.2. The van der Waals surface area contributed by atoms with Gasteiger partial charge in [-0.25, -0.2) is 0 Å². The van der Waals surface area contributed by atoms with Gasteiger partial charge in [0.25, 0.3) is 0 Å². The van der Waals surface area contributed by atoms with E-state index in [-0.39, 0.29) is 11.8 Å². The van der Waals surface area contributed by atoms with Crippen LogP contribution in [0.15, 0.2) is 0 Å². The summed E-state index contributed by atoms with van der Waals surface area (Å²) in [6, 6.07) is 0. The molecule has 23 heavy (non-hydrogen) atoms. The Balaban J connectivity index is 1.61. The van der Waals surface area contributed by atoms with E-state index in [2.05, 4.69) is 17.3 Å². The van der Waals surface area contributed by atoms with Gasteiger partial charge in [0.1, 0.15) is 5.54 Å². The molecule has 130 valence electrons. The van der Waals surface area contributed by atoms with Crippen LogP contribution >= 0.6 is 0 Å². The van der Waals surface area contributed by atoms with Gasteiger partial charge in [-0.3, -0.25) is 9.59 Å². The Hall–Kier alpha value is -1.10. The maximum atomic E-state index is 12.9. The second kappa shape index (κ2) is 7.20. The standard InChI is InChI=1S/C18H31N3O2/c1-20-12-5-6-15(14-20)7-8-16(22)21-13-11-19-17(23)18(21)9-3-2-4-10-18/h15H,2-14H2,1H3,(H,19,23)/t15-/m1/s1. The predicted molar refractivity (Wildman–Crippen MR) is 90.0 cm³/mol. The Kier molecular flexibility index (Phi) is 5.24. The number of likely N-dealkylation sites (tertiary alicyclic amines) is 1. The average molecular weight is 321 g/mol. The van der Waals surface area contributed by atoms with E-state index in [4.69, 9.17) is 0 Å². The summed E-state index contributed by atoms with van der Waals surface area (Å²) in [5, 5.41) is 3.00. The monoisotopic (exact) mass is 321 g/mol. The quantitative estimate of drug-likeness (QED) is 0.862. The molecule has 0 unspecified atom stereocenters. The van der Waals surface area contributed by atoms with Crippen molar-refractivity contribution in [2.45, 2.75) is 63.3 Å². The van der Waals surface area contributed by atoms with Crippen molar-refractivity contribution in [2.75, 3.05) is 33.2 Å². The van der Waals surface area contributed by atoms with Crippen molar-refractivity contribution in [1.29, 1.82) is 0 Å². The zero-order valence-corrected chi connectivity index (χ0v) is 14.5. The fourth-order valence-corrected chi connectivity index (χ4v) is 4.75. The fourth-order valence-electron chi connectivity index (χ4n) is 4.75. The minimum Gasteiger partial charge on any atom is -0.352 e. The third kappa shape index (κ3) is 3.54. The van der Waals surface area contributed by atoms with E-state index in [1.807, 2.05) is 4.90 Å². The molecule has 0 bridgehead atoms. The fraction of sp³-hybridized carbons (Fsp3) is 0.889. The Morgan fingerprint density at radius 1 is 1.22 bits per heavy atom. The van der Waals surface area contributed by atoms with Crippen molar-refractivity contribution in [1.82, 2.24) is 15.1 Å². The third-order valence-corrected chi connectivity index (χ3v) is 6.03. The highest BCUT2D eigenvalue weighted by molar-refractivity contribution is 5.92. The number of piperidine rings is 1. The lowest BCUT2D eigenvalue weighted by Gasteiger charge is -2.48. The van der Waals surface area contributed by atoms with Crippen LogP contribution in [0.4, 0.5) is 0 Å². The lowest BCUT2D eigenvalue weighted by molar-refractivity contribution is -0.154. The molecule has 1 saturated carbocycles. The van der Waals surface area contributed by atoms with E-state index in [1.54, 1.807) is 0 Å². The lowest BCUT2D eigenvalue weighted by Crippen LogP contribution is -2.67. The maximum absolute atomic E-state index is 12.9. The zero-order chi connectivity index (χ0) is 16.3. The van der Waals surface area contributed by atoms with Gasteiger partial charge in [0, 0.05) is 26.1 Å². The molecule has 2 aliphatic heterocycles. The number of rotatable bonds is 3. The Labute approximate surface area is 139 Å². The molecule has 5 heteroatoms. The number of hydrogen-bond acceptors (Lipinski definition) is 3. The van der Waals surface area contributed by atoms with Crippen molar-refractivity contribution in [2.24, 2.45) is 5.92 Å². The highest BCUT2D eigenvalue weighted by Gasteiger charge is 2.48. The molecule has 5 nitrogen and oxygen atoms in total. The maximum Gasteiger partial charge on any atom is 0.246 e. The van der Waals surface area contributed by atoms with E-state index >= 15 is 0 Å². The molecular formula is C18H31N3O2. The Morgan fingerprint density at radius 3 is 2.74 bits per heavy atom. The van der Waals surface area contributed by atoms with Gasteiger partial charge in [-0.15, -0.1) is 0 Å². The number of hydrogen-bond donors (Lipinski definition) is 1. The molecule has 0 aromatic carbocycles. The van der Waals surface area contributed by atoms with Gasteiger partial charge < -0.3 is 15.1 Å². The summed E-state index contributed by atoms with van der Waals surface area (Å²) in [5.41, 5.74) is -0.531. The van der Waals surface area contributed by atoms with Crippen LogP contribution in [-0.4, -0.2) is 60.4 Å². The summed E-state index contributed by atoms with van der Waals surface area (Å²) in [6.07, 6.45) is 9.05. The molecule has 1 N–H and O–H groups in total. The second-order valence-corrected chi connectivity index (χ2v) is 7.70. The topological polar surface area (TPSA) is 52.7 Å². The molecule has 3 aliphatic rings. The number of nitrogens with one attached hydrogen (secondary N) is 1. The number of amides is 2. The zero-order valence-electron chi connectivity index (χ0n) is 14.5. The van der Waals surface area contributed by atoms with E-state index in [1.165, 1.54) is 25.8 Å². The van der Waals surface area contributed by atoms with Crippen molar-refractivity contribution in [3.05, 3.63) is 0 Å². The molecular weight excluding hydrogens is 290 g/mol. The van der Waals surface area contributed by atoms with Crippen LogP contribution in [0.25, 0.3) is 0 Å². The predicted octanol–water partition coefficient (Wildman–Crippen LogP) is 1.77. The Bertz CT molecular complexity index is 446. The van der Waals surface area contributed by atoms with Crippen molar-refractivity contribution in [3.63, 3.8) is 0 Å².